The third kappa shape index (κ3) is 1.56. The first kappa shape index (κ1) is 8.98. The third-order valence-electron chi connectivity index (χ3n) is 2.84. The number of alkyl halides is 1. The molecule has 1 fully saturated rings. The van der Waals surface area contributed by atoms with Crippen LogP contribution in [0.5, 0.6) is 0 Å². The van der Waals surface area contributed by atoms with Gasteiger partial charge in [-0.1, -0.05) is 6.92 Å². The fraction of sp³-hybridized carbons (Fsp3) is 1.00. The second kappa shape index (κ2) is 3.10. The van der Waals surface area contributed by atoms with Crippen molar-refractivity contribution in [2.45, 2.75) is 33.2 Å². The van der Waals surface area contributed by atoms with Gasteiger partial charge in [-0.15, -0.1) is 0 Å². The van der Waals surface area contributed by atoms with Crippen LogP contribution in [0.1, 0.15) is 27.2 Å². The molecule has 0 amide bonds. The number of rotatable bonds is 3. The Morgan fingerprint density at radius 1 is 1.45 bits per heavy atom. The molecule has 0 atom stereocenters. The maximum absolute atomic E-state index is 12.5. The lowest BCUT2D eigenvalue weighted by Crippen LogP contribution is -2.59. The lowest BCUT2D eigenvalue weighted by molar-refractivity contribution is -0.0401. The van der Waals surface area contributed by atoms with Crippen LogP contribution in [0.25, 0.3) is 0 Å². The highest BCUT2D eigenvalue weighted by Gasteiger charge is 2.42. The molecule has 0 aromatic rings. The van der Waals surface area contributed by atoms with Crippen molar-refractivity contribution in [2.24, 2.45) is 5.41 Å². The van der Waals surface area contributed by atoms with E-state index in [1.165, 1.54) is 0 Å². The Balaban J connectivity index is 2.35. The van der Waals surface area contributed by atoms with Crippen molar-refractivity contribution in [2.75, 3.05) is 19.8 Å². The molecule has 0 N–H and O–H groups in total. The fourth-order valence-corrected chi connectivity index (χ4v) is 1.58. The van der Waals surface area contributed by atoms with Gasteiger partial charge in [0.1, 0.15) is 0 Å². The molecule has 0 saturated carbocycles. The summed E-state index contributed by atoms with van der Waals surface area (Å²) in [5, 5.41) is 0. The smallest absolute Gasteiger partial charge is 0.0975 e. The summed E-state index contributed by atoms with van der Waals surface area (Å²) in [7, 11) is 0. The van der Waals surface area contributed by atoms with Gasteiger partial charge in [-0.2, -0.15) is 0 Å². The van der Waals surface area contributed by atoms with Crippen molar-refractivity contribution in [1.29, 1.82) is 0 Å². The molecule has 0 aromatic heterocycles. The van der Waals surface area contributed by atoms with Crippen LogP contribution in [-0.4, -0.2) is 30.7 Å². The van der Waals surface area contributed by atoms with Crippen molar-refractivity contribution < 1.29 is 4.39 Å². The summed E-state index contributed by atoms with van der Waals surface area (Å²) >= 11 is 0. The van der Waals surface area contributed by atoms with Gasteiger partial charge in [0.05, 0.1) is 6.67 Å². The Morgan fingerprint density at radius 3 is 2.27 bits per heavy atom. The monoisotopic (exact) mass is 159 g/mol. The molecule has 1 aliphatic rings. The van der Waals surface area contributed by atoms with Crippen LogP contribution >= 0.6 is 0 Å². The highest BCUT2D eigenvalue weighted by Crippen LogP contribution is 2.35. The molecule has 1 heterocycles. The minimum absolute atomic E-state index is 0.0181. The van der Waals surface area contributed by atoms with Crippen LogP contribution in [0.3, 0.4) is 0 Å². The zero-order valence-electron chi connectivity index (χ0n) is 7.73. The molecule has 1 saturated heterocycles. The van der Waals surface area contributed by atoms with Crippen molar-refractivity contribution in [3.8, 4) is 0 Å². The zero-order valence-corrected chi connectivity index (χ0v) is 7.73. The van der Waals surface area contributed by atoms with Gasteiger partial charge in [-0.3, -0.25) is 9.29 Å². The Labute approximate surface area is 68.6 Å². The number of hydrogen-bond acceptors (Lipinski definition) is 1. The molecular formula is C9H18FN. The summed E-state index contributed by atoms with van der Waals surface area (Å²) in [4.78, 5) is 2.32. The predicted octanol–water partition coefficient (Wildman–Crippen LogP) is 2.08. The van der Waals surface area contributed by atoms with Crippen molar-refractivity contribution >= 4 is 0 Å². The van der Waals surface area contributed by atoms with E-state index in [0.29, 0.717) is 6.04 Å². The molecule has 0 unspecified atom stereocenters. The minimum Gasteiger partial charge on any atom is -0.300 e. The van der Waals surface area contributed by atoms with E-state index in [1.54, 1.807) is 0 Å². The molecule has 1 rings (SSSR count). The summed E-state index contributed by atoms with van der Waals surface area (Å²) in [6, 6.07) is 0.584. The fourth-order valence-electron chi connectivity index (χ4n) is 1.58. The van der Waals surface area contributed by atoms with Crippen molar-refractivity contribution in [3.05, 3.63) is 0 Å². The minimum atomic E-state index is -0.146. The molecule has 0 radical (unpaired) electrons. The van der Waals surface area contributed by atoms with E-state index in [9.17, 15) is 4.39 Å². The molecule has 1 aliphatic heterocycles. The van der Waals surface area contributed by atoms with Crippen LogP contribution in [0.15, 0.2) is 0 Å². The van der Waals surface area contributed by atoms with Crippen molar-refractivity contribution in [1.82, 2.24) is 4.90 Å². The van der Waals surface area contributed by atoms with Crippen LogP contribution < -0.4 is 0 Å². The second-order valence-electron chi connectivity index (χ2n) is 3.99. The van der Waals surface area contributed by atoms with Gasteiger partial charge in [0, 0.05) is 24.5 Å². The average Bonchev–Trinajstić information content (AvgIpc) is 1.87. The first-order valence-corrected chi connectivity index (χ1v) is 4.43. The van der Waals surface area contributed by atoms with Gasteiger partial charge < -0.3 is 0 Å². The Bertz CT molecular complexity index is 122. The molecule has 0 aliphatic carbocycles. The van der Waals surface area contributed by atoms with E-state index in [1.807, 2.05) is 0 Å². The summed E-state index contributed by atoms with van der Waals surface area (Å²) in [5.41, 5.74) is 0.0181. The van der Waals surface area contributed by atoms with E-state index < -0.39 is 0 Å². The van der Waals surface area contributed by atoms with Gasteiger partial charge in [0.15, 0.2) is 0 Å². The molecule has 66 valence electrons. The Hall–Kier alpha value is -0.110. The number of nitrogens with zero attached hydrogens (tertiary/aromatic N) is 1. The SMILES string of the molecule is CCC1(CF)CN(C(C)C)C1. The molecule has 1 nitrogen and oxygen atoms in total. The molecular weight excluding hydrogens is 141 g/mol. The number of likely N-dealkylation sites (tertiary alicyclic amines) is 1. The van der Waals surface area contributed by atoms with Crippen molar-refractivity contribution in [3.63, 3.8) is 0 Å². The molecule has 0 aromatic carbocycles. The van der Waals surface area contributed by atoms with Crippen LogP contribution in [0.2, 0.25) is 0 Å². The summed E-state index contributed by atoms with van der Waals surface area (Å²) in [5.74, 6) is 0. The number of halogens is 1. The molecule has 2 heteroatoms. The van der Waals surface area contributed by atoms with Gasteiger partial charge in [-0.05, 0) is 20.3 Å². The average molecular weight is 159 g/mol. The van der Waals surface area contributed by atoms with Gasteiger partial charge in [-0.25, -0.2) is 0 Å². The maximum Gasteiger partial charge on any atom is 0.0975 e. The Morgan fingerprint density at radius 2 is 2.00 bits per heavy atom. The second-order valence-corrected chi connectivity index (χ2v) is 3.99. The van der Waals surface area contributed by atoms with Gasteiger partial charge in [0.2, 0.25) is 0 Å². The lowest BCUT2D eigenvalue weighted by atomic mass is 9.78. The normalized spacial score (nSPS) is 23.7. The lowest BCUT2D eigenvalue weighted by Gasteiger charge is -2.50. The highest BCUT2D eigenvalue weighted by atomic mass is 19.1. The zero-order chi connectivity index (χ0) is 8.48. The van der Waals surface area contributed by atoms with Crippen LogP contribution in [-0.2, 0) is 0 Å². The number of hydrogen-bond donors (Lipinski definition) is 0. The first-order chi connectivity index (χ1) is 5.13. The van der Waals surface area contributed by atoms with E-state index >= 15 is 0 Å². The van der Waals surface area contributed by atoms with E-state index in [0.717, 1.165) is 19.5 Å². The predicted molar refractivity (Wildman–Crippen MR) is 45.4 cm³/mol. The third-order valence-corrected chi connectivity index (χ3v) is 2.84. The molecule has 0 bridgehead atoms. The maximum atomic E-state index is 12.5. The highest BCUT2D eigenvalue weighted by molar-refractivity contribution is 4.94. The van der Waals surface area contributed by atoms with E-state index in [-0.39, 0.29) is 12.1 Å². The van der Waals surface area contributed by atoms with Gasteiger partial charge in [0.25, 0.3) is 0 Å². The largest absolute Gasteiger partial charge is 0.300 e. The quantitative estimate of drug-likeness (QED) is 0.609. The first-order valence-electron chi connectivity index (χ1n) is 4.43. The summed E-state index contributed by atoms with van der Waals surface area (Å²) < 4.78 is 12.5. The van der Waals surface area contributed by atoms with Crippen LogP contribution in [0, 0.1) is 5.41 Å². The van der Waals surface area contributed by atoms with Gasteiger partial charge >= 0.3 is 0 Å². The Kier molecular flexibility index (Phi) is 2.53. The van der Waals surface area contributed by atoms with E-state index in [2.05, 4.69) is 25.7 Å². The topological polar surface area (TPSA) is 3.24 Å². The molecule has 0 spiro atoms. The summed E-state index contributed by atoms with van der Waals surface area (Å²) in [6.07, 6.45) is 0.979. The van der Waals surface area contributed by atoms with Crippen LogP contribution in [0.4, 0.5) is 4.39 Å². The molecule has 11 heavy (non-hydrogen) atoms. The van der Waals surface area contributed by atoms with E-state index in [4.69, 9.17) is 0 Å². The standard InChI is InChI=1S/C9H18FN/c1-4-9(5-10)6-11(7-9)8(2)3/h8H,4-7H2,1-3H3. The summed E-state index contributed by atoms with van der Waals surface area (Å²) in [6.45, 7) is 8.18.